The molecule has 2 heterocycles. The van der Waals surface area contributed by atoms with Gasteiger partial charge in [0.2, 0.25) is 0 Å². The minimum Gasteiger partial charge on any atom is -0.391 e. The van der Waals surface area contributed by atoms with E-state index in [2.05, 4.69) is 16.4 Å². The summed E-state index contributed by atoms with van der Waals surface area (Å²) in [7, 11) is 0. The topological polar surface area (TPSA) is 84.0 Å². The monoisotopic (exact) mass is 262 g/mol. The van der Waals surface area contributed by atoms with E-state index in [0.717, 1.165) is 37.3 Å². The van der Waals surface area contributed by atoms with Crippen molar-refractivity contribution in [3.63, 3.8) is 0 Å². The normalized spacial score (nSPS) is 24.3. The van der Waals surface area contributed by atoms with Gasteiger partial charge in [0.25, 0.3) is 0 Å². The highest BCUT2D eigenvalue weighted by Crippen LogP contribution is 2.34. The molecule has 1 aromatic rings. The van der Waals surface area contributed by atoms with Gasteiger partial charge < -0.3 is 9.84 Å². The maximum atomic E-state index is 10.1. The van der Waals surface area contributed by atoms with E-state index in [1.54, 1.807) is 4.68 Å². The van der Waals surface area contributed by atoms with E-state index in [0.29, 0.717) is 19.1 Å². The largest absolute Gasteiger partial charge is 0.391 e. The molecule has 1 saturated heterocycles. The van der Waals surface area contributed by atoms with Gasteiger partial charge in [0.15, 0.2) is 0 Å². The number of nitriles is 1. The standard InChI is InChI=1S/C13H18N4O2/c14-5-3-11-13(10-4-6-19-8-10)17(16-15-11)7-12(18)9-1-2-9/h9-10,12,18H,1-4,6-8H2. The number of hydrogen-bond acceptors (Lipinski definition) is 5. The van der Waals surface area contributed by atoms with Crippen molar-refractivity contribution in [1.29, 1.82) is 5.26 Å². The van der Waals surface area contributed by atoms with Crippen LogP contribution in [0.4, 0.5) is 0 Å². The molecule has 2 atom stereocenters. The molecule has 3 rings (SSSR count). The van der Waals surface area contributed by atoms with Crippen LogP contribution in [0.15, 0.2) is 0 Å². The molecule has 19 heavy (non-hydrogen) atoms. The summed E-state index contributed by atoms with van der Waals surface area (Å²) in [6, 6.07) is 2.13. The molecule has 2 unspecified atom stereocenters. The Balaban J connectivity index is 1.83. The quantitative estimate of drug-likeness (QED) is 0.841. The first kappa shape index (κ1) is 12.6. The molecule has 1 aromatic heterocycles. The van der Waals surface area contributed by atoms with Crippen molar-refractivity contribution in [2.24, 2.45) is 5.92 Å². The van der Waals surface area contributed by atoms with Crippen molar-refractivity contribution in [3.8, 4) is 6.07 Å². The molecular formula is C13H18N4O2. The fourth-order valence-corrected chi connectivity index (χ4v) is 2.70. The van der Waals surface area contributed by atoms with Gasteiger partial charge in [0, 0.05) is 12.5 Å². The van der Waals surface area contributed by atoms with Crippen LogP contribution in [0.25, 0.3) is 0 Å². The van der Waals surface area contributed by atoms with E-state index in [1.807, 2.05) is 0 Å². The lowest BCUT2D eigenvalue weighted by Crippen LogP contribution is -2.22. The third-order valence-electron chi connectivity index (χ3n) is 3.94. The third-order valence-corrected chi connectivity index (χ3v) is 3.94. The first-order valence-corrected chi connectivity index (χ1v) is 6.84. The van der Waals surface area contributed by atoms with E-state index in [9.17, 15) is 5.11 Å². The van der Waals surface area contributed by atoms with Gasteiger partial charge in [-0.2, -0.15) is 5.26 Å². The summed E-state index contributed by atoms with van der Waals surface area (Å²) in [6.45, 7) is 1.88. The fourth-order valence-electron chi connectivity index (χ4n) is 2.70. The lowest BCUT2D eigenvalue weighted by atomic mass is 10.0. The van der Waals surface area contributed by atoms with Crippen LogP contribution in [-0.2, 0) is 17.7 Å². The van der Waals surface area contributed by atoms with Crippen molar-refractivity contribution in [1.82, 2.24) is 15.0 Å². The predicted molar refractivity (Wildman–Crippen MR) is 66.2 cm³/mol. The molecule has 0 spiro atoms. The molecule has 102 valence electrons. The predicted octanol–water partition coefficient (Wildman–Crippen LogP) is 0.619. The maximum absolute atomic E-state index is 10.1. The van der Waals surface area contributed by atoms with Crippen molar-refractivity contribution < 1.29 is 9.84 Å². The van der Waals surface area contributed by atoms with Crippen molar-refractivity contribution in [2.45, 2.75) is 44.2 Å². The van der Waals surface area contributed by atoms with Gasteiger partial charge >= 0.3 is 0 Å². The number of aliphatic hydroxyl groups is 1. The first-order chi connectivity index (χ1) is 9.29. The Morgan fingerprint density at radius 1 is 1.47 bits per heavy atom. The molecule has 0 amide bonds. The minimum atomic E-state index is -0.349. The summed E-state index contributed by atoms with van der Waals surface area (Å²) >= 11 is 0. The van der Waals surface area contributed by atoms with Gasteiger partial charge in [-0.05, 0) is 25.2 Å². The molecule has 6 heteroatoms. The zero-order chi connectivity index (χ0) is 13.2. The number of rotatable bonds is 5. The highest BCUT2D eigenvalue weighted by Gasteiger charge is 2.32. The number of aliphatic hydroxyl groups excluding tert-OH is 1. The van der Waals surface area contributed by atoms with E-state index in [-0.39, 0.29) is 18.4 Å². The molecule has 2 fully saturated rings. The van der Waals surface area contributed by atoms with Crippen LogP contribution in [0.5, 0.6) is 0 Å². The van der Waals surface area contributed by atoms with Gasteiger partial charge in [-0.25, -0.2) is 4.68 Å². The summed E-state index contributed by atoms with van der Waals surface area (Å²) in [4.78, 5) is 0. The Kier molecular flexibility index (Phi) is 3.49. The van der Waals surface area contributed by atoms with Crippen LogP contribution in [0.1, 0.15) is 36.6 Å². The van der Waals surface area contributed by atoms with Gasteiger partial charge in [-0.15, -0.1) is 5.10 Å². The highest BCUT2D eigenvalue weighted by atomic mass is 16.5. The Labute approximate surface area is 112 Å². The number of nitrogens with zero attached hydrogens (tertiary/aromatic N) is 4. The molecule has 0 radical (unpaired) electrons. The minimum absolute atomic E-state index is 0.254. The Bertz CT molecular complexity index is 483. The van der Waals surface area contributed by atoms with E-state index >= 15 is 0 Å². The molecule has 6 nitrogen and oxygen atoms in total. The maximum Gasteiger partial charge on any atom is 0.100 e. The van der Waals surface area contributed by atoms with Crippen molar-refractivity contribution in [3.05, 3.63) is 11.4 Å². The Morgan fingerprint density at radius 3 is 2.95 bits per heavy atom. The average Bonchev–Trinajstić information content (AvgIpc) is 2.99. The molecule has 1 saturated carbocycles. The third kappa shape index (κ3) is 2.62. The zero-order valence-corrected chi connectivity index (χ0v) is 10.8. The van der Waals surface area contributed by atoms with Gasteiger partial charge in [0.1, 0.15) is 5.69 Å². The van der Waals surface area contributed by atoms with Gasteiger partial charge in [0.05, 0.1) is 37.4 Å². The zero-order valence-electron chi connectivity index (χ0n) is 10.8. The van der Waals surface area contributed by atoms with Crippen LogP contribution in [0.2, 0.25) is 0 Å². The average molecular weight is 262 g/mol. The van der Waals surface area contributed by atoms with Gasteiger partial charge in [-0.1, -0.05) is 5.21 Å². The molecular weight excluding hydrogens is 244 g/mol. The summed E-state index contributed by atoms with van der Waals surface area (Å²) in [5, 5.41) is 27.2. The van der Waals surface area contributed by atoms with Crippen molar-refractivity contribution in [2.75, 3.05) is 13.2 Å². The lowest BCUT2D eigenvalue weighted by Gasteiger charge is -2.15. The summed E-state index contributed by atoms with van der Waals surface area (Å²) in [6.07, 6.45) is 3.06. The fraction of sp³-hybridized carbons (Fsp3) is 0.769. The Morgan fingerprint density at radius 2 is 2.32 bits per heavy atom. The Hall–Kier alpha value is -1.45. The lowest BCUT2D eigenvalue weighted by molar-refractivity contribution is 0.124. The second kappa shape index (κ2) is 5.27. The number of hydrogen-bond donors (Lipinski definition) is 1. The molecule has 2 aliphatic rings. The van der Waals surface area contributed by atoms with Crippen LogP contribution in [0.3, 0.4) is 0 Å². The van der Waals surface area contributed by atoms with Crippen LogP contribution < -0.4 is 0 Å². The summed E-state index contributed by atoms with van der Waals surface area (Å²) < 4.78 is 7.21. The molecule has 0 aromatic carbocycles. The molecule has 1 aliphatic heterocycles. The highest BCUT2D eigenvalue weighted by molar-refractivity contribution is 5.20. The number of ether oxygens (including phenoxy) is 1. The van der Waals surface area contributed by atoms with Crippen LogP contribution in [-0.4, -0.2) is 39.4 Å². The smallest absolute Gasteiger partial charge is 0.100 e. The second-order valence-electron chi connectivity index (χ2n) is 5.40. The molecule has 0 bridgehead atoms. The van der Waals surface area contributed by atoms with Crippen LogP contribution >= 0.6 is 0 Å². The van der Waals surface area contributed by atoms with E-state index in [1.165, 1.54) is 0 Å². The molecule has 1 N–H and O–H groups in total. The second-order valence-corrected chi connectivity index (χ2v) is 5.40. The van der Waals surface area contributed by atoms with E-state index < -0.39 is 0 Å². The van der Waals surface area contributed by atoms with Crippen LogP contribution in [0, 0.1) is 17.2 Å². The first-order valence-electron chi connectivity index (χ1n) is 6.84. The number of aromatic nitrogens is 3. The van der Waals surface area contributed by atoms with Crippen molar-refractivity contribution >= 4 is 0 Å². The summed E-state index contributed by atoms with van der Waals surface area (Å²) in [5.74, 6) is 0.668. The van der Waals surface area contributed by atoms with E-state index in [4.69, 9.17) is 10.00 Å². The summed E-state index contributed by atoms with van der Waals surface area (Å²) in [5.41, 5.74) is 1.72. The SMILES string of the molecule is N#CCc1nnn(CC(O)C2CC2)c1C1CCOC1. The van der Waals surface area contributed by atoms with Gasteiger partial charge in [-0.3, -0.25) is 0 Å². The molecule has 1 aliphatic carbocycles.